The lowest BCUT2D eigenvalue weighted by Crippen LogP contribution is -2.22. The van der Waals surface area contributed by atoms with Crippen LogP contribution in [0.4, 0.5) is 5.69 Å². The number of hydrogen-bond donors (Lipinski definition) is 1. The van der Waals surface area contributed by atoms with Crippen LogP contribution in [0.1, 0.15) is 6.92 Å². The van der Waals surface area contributed by atoms with Gasteiger partial charge in [-0.25, -0.2) is 4.98 Å². The van der Waals surface area contributed by atoms with Crippen LogP contribution in [0, 0.1) is 0 Å². The molecule has 1 N–H and O–H groups in total. The van der Waals surface area contributed by atoms with Crippen molar-refractivity contribution in [2.45, 2.75) is 17.2 Å². The fourth-order valence-electron chi connectivity index (χ4n) is 2.12. The number of fused-ring (bicyclic) bond motifs is 1. The van der Waals surface area contributed by atoms with E-state index in [0.29, 0.717) is 5.02 Å². The zero-order chi connectivity index (χ0) is 16.2. The fraction of sp³-hybridized carbons (Fsp3) is 0.111. The van der Waals surface area contributed by atoms with E-state index in [1.165, 1.54) is 11.8 Å². The number of rotatable bonds is 4. The number of aromatic nitrogens is 1. The van der Waals surface area contributed by atoms with Gasteiger partial charge in [-0.2, -0.15) is 0 Å². The number of amides is 1. The standard InChI is InChI=1S/C18H15ClN2OS/c1-12(18(22)20-15-9-7-14(19)8-10-15)23-17-11-6-13-4-2-3-5-16(13)21-17/h2-12H,1H3,(H,20,22)/t12-/m1/s1. The van der Waals surface area contributed by atoms with Crippen LogP contribution in [0.3, 0.4) is 0 Å². The maximum Gasteiger partial charge on any atom is 0.237 e. The number of benzene rings is 2. The second-order valence-corrected chi connectivity index (χ2v) is 6.90. The summed E-state index contributed by atoms with van der Waals surface area (Å²) in [5.41, 5.74) is 1.67. The van der Waals surface area contributed by atoms with Crippen molar-refractivity contribution in [3.8, 4) is 0 Å². The molecule has 5 heteroatoms. The largest absolute Gasteiger partial charge is 0.325 e. The zero-order valence-corrected chi connectivity index (χ0v) is 14.1. The predicted octanol–water partition coefficient (Wildman–Crippen LogP) is 5.01. The summed E-state index contributed by atoms with van der Waals surface area (Å²) >= 11 is 7.28. The van der Waals surface area contributed by atoms with Crippen molar-refractivity contribution in [2.24, 2.45) is 0 Å². The Hall–Kier alpha value is -2.04. The highest BCUT2D eigenvalue weighted by molar-refractivity contribution is 8.00. The first-order chi connectivity index (χ1) is 11.1. The fourth-order valence-corrected chi connectivity index (χ4v) is 3.08. The van der Waals surface area contributed by atoms with E-state index in [-0.39, 0.29) is 11.2 Å². The topological polar surface area (TPSA) is 42.0 Å². The van der Waals surface area contributed by atoms with E-state index in [9.17, 15) is 4.79 Å². The summed E-state index contributed by atoms with van der Waals surface area (Å²) in [6, 6.07) is 19.0. The number of carbonyl (C=O) groups is 1. The molecule has 0 spiro atoms. The molecule has 1 aromatic heterocycles. The molecule has 0 unspecified atom stereocenters. The first kappa shape index (κ1) is 15.8. The van der Waals surface area contributed by atoms with Gasteiger partial charge in [0.25, 0.3) is 0 Å². The van der Waals surface area contributed by atoms with Crippen LogP contribution in [0.2, 0.25) is 5.02 Å². The first-order valence-electron chi connectivity index (χ1n) is 7.21. The highest BCUT2D eigenvalue weighted by Gasteiger charge is 2.15. The van der Waals surface area contributed by atoms with Gasteiger partial charge < -0.3 is 5.32 Å². The molecule has 0 saturated heterocycles. The molecule has 3 rings (SSSR count). The highest BCUT2D eigenvalue weighted by atomic mass is 35.5. The van der Waals surface area contributed by atoms with Crippen LogP contribution in [0.15, 0.2) is 65.7 Å². The molecule has 0 bridgehead atoms. The molecule has 0 radical (unpaired) electrons. The van der Waals surface area contributed by atoms with Crippen LogP contribution in [0.5, 0.6) is 0 Å². The maximum atomic E-state index is 12.3. The molecule has 2 aromatic carbocycles. The van der Waals surface area contributed by atoms with Gasteiger partial charge in [-0.1, -0.05) is 47.6 Å². The SMILES string of the molecule is C[C@@H](Sc1ccc2ccccc2n1)C(=O)Nc1ccc(Cl)cc1. The third kappa shape index (κ3) is 4.03. The summed E-state index contributed by atoms with van der Waals surface area (Å²) in [5.74, 6) is -0.0627. The Kier molecular flexibility index (Phi) is 4.84. The Morgan fingerprint density at radius 2 is 1.83 bits per heavy atom. The summed E-state index contributed by atoms with van der Waals surface area (Å²) in [4.78, 5) is 16.9. The Morgan fingerprint density at radius 1 is 1.09 bits per heavy atom. The summed E-state index contributed by atoms with van der Waals surface area (Å²) < 4.78 is 0. The quantitative estimate of drug-likeness (QED) is 0.678. The monoisotopic (exact) mass is 342 g/mol. The van der Waals surface area contributed by atoms with Gasteiger partial charge in [0.15, 0.2) is 0 Å². The van der Waals surface area contributed by atoms with Crippen molar-refractivity contribution in [2.75, 3.05) is 5.32 Å². The van der Waals surface area contributed by atoms with Gasteiger partial charge in [0, 0.05) is 16.1 Å². The van der Waals surface area contributed by atoms with E-state index >= 15 is 0 Å². The normalized spacial score (nSPS) is 12.1. The molecule has 0 aliphatic carbocycles. The van der Waals surface area contributed by atoms with Gasteiger partial charge >= 0.3 is 0 Å². The van der Waals surface area contributed by atoms with E-state index < -0.39 is 0 Å². The molecular formula is C18H15ClN2OS. The Balaban J connectivity index is 1.68. The number of pyridine rings is 1. The average Bonchev–Trinajstić information content (AvgIpc) is 2.56. The molecule has 3 nitrogen and oxygen atoms in total. The number of carbonyl (C=O) groups excluding carboxylic acids is 1. The second kappa shape index (κ2) is 7.02. The zero-order valence-electron chi connectivity index (χ0n) is 12.5. The van der Waals surface area contributed by atoms with E-state index in [2.05, 4.69) is 10.3 Å². The molecule has 0 aliphatic heterocycles. The van der Waals surface area contributed by atoms with Gasteiger partial charge in [-0.15, -0.1) is 0 Å². The van der Waals surface area contributed by atoms with Crippen molar-refractivity contribution in [3.63, 3.8) is 0 Å². The number of para-hydroxylation sites is 1. The summed E-state index contributed by atoms with van der Waals surface area (Å²) in [7, 11) is 0. The maximum absolute atomic E-state index is 12.3. The highest BCUT2D eigenvalue weighted by Crippen LogP contribution is 2.25. The van der Waals surface area contributed by atoms with Gasteiger partial charge in [-0.3, -0.25) is 4.79 Å². The number of nitrogens with one attached hydrogen (secondary N) is 1. The summed E-state index contributed by atoms with van der Waals surface area (Å²) in [6.07, 6.45) is 0. The molecule has 116 valence electrons. The third-order valence-electron chi connectivity index (χ3n) is 3.35. The molecule has 0 saturated carbocycles. The smallest absolute Gasteiger partial charge is 0.237 e. The average molecular weight is 343 g/mol. The van der Waals surface area contributed by atoms with E-state index in [1.807, 2.05) is 43.3 Å². The summed E-state index contributed by atoms with van der Waals surface area (Å²) in [6.45, 7) is 1.87. The molecule has 1 atom stereocenters. The van der Waals surface area contributed by atoms with Crippen LogP contribution in [-0.4, -0.2) is 16.1 Å². The lowest BCUT2D eigenvalue weighted by molar-refractivity contribution is -0.115. The Morgan fingerprint density at radius 3 is 2.61 bits per heavy atom. The van der Waals surface area contributed by atoms with Crippen LogP contribution < -0.4 is 5.32 Å². The molecule has 23 heavy (non-hydrogen) atoms. The molecule has 1 heterocycles. The first-order valence-corrected chi connectivity index (χ1v) is 8.46. The van der Waals surface area contributed by atoms with E-state index in [4.69, 9.17) is 11.6 Å². The van der Waals surface area contributed by atoms with Crippen molar-refractivity contribution < 1.29 is 4.79 Å². The van der Waals surface area contributed by atoms with Gasteiger partial charge in [-0.05, 0) is 43.3 Å². The minimum atomic E-state index is -0.251. The van der Waals surface area contributed by atoms with Crippen LogP contribution >= 0.6 is 23.4 Å². The molecule has 0 aliphatic rings. The van der Waals surface area contributed by atoms with E-state index in [1.54, 1.807) is 24.3 Å². The number of anilines is 1. The molecular weight excluding hydrogens is 328 g/mol. The Bertz CT molecular complexity index is 836. The van der Waals surface area contributed by atoms with Gasteiger partial charge in [0.1, 0.15) is 0 Å². The van der Waals surface area contributed by atoms with Crippen molar-refractivity contribution in [3.05, 3.63) is 65.7 Å². The number of halogens is 1. The molecule has 0 fully saturated rings. The molecule has 3 aromatic rings. The van der Waals surface area contributed by atoms with Gasteiger partial charge in [0.2, 0.25) is 5.91 Å². The Labute approximate surface area is 144 Å². The molecule has 1 amide bonds. The minimum absolute atomic E-state index is 0.0627. The van der Waals surface area contributed by atoms with E-state index in [0.717, 1.165) is 21.6 Å². The van der Waals surface area contributed by atoms with Gasteiger partial charge in [0.05, 0.1) is 15.8 Å². The lowest BCUT2D eigenvalue weighted by atomic mass is 10.2. The number of thioether (sulfide) groups is 1. The minimum Gasteiger partial charge on any atom is -0.325 e. The second-order valence-electron chi connectivity index (χ2n) is 5.10. The van der Waals surface area contributed by atoms with Crippen molar-refractivity contribution in [1.82, 2.24) is 4.98 Å². The number of nitrogens with zero attached hydrogens (tertiary/aromatic N) is 1. The van der Waals surface area contributed by atoms with Crippen molar-refractivity contribution in [1.29, 1.82) is 0 Å². The lowest BCUT2D eigenvalue weighted by Gasteiger charge is -2.12. The van der Waals surface area contributed by atoms with Crippen molar-refractivity contribution >= 4 is 45.9 Å². The number of hydrogen-bond acceptors (Lipinski definition) is 3. The predicted molar refractivity (Wildman–Crippen MR) is 97.1 cm³/mol. The summed E-state index contributed by atoms with van der Waals surface area (Å²) in [5, 5.41) is 5.20. The van der Waals surface area contributed by atoms with Crippen LogP contribution in [-0.2, 0) is 4.79 Å². The third-order valence-corrected chi connectivity index (χ3v) is 4.64. The van der Waals surface area contributed by atoms with Crippen LogP contribution in [0.25, 0.3) is 10.9 Å².